The average Bonchev–Trinajstić information content (AvgIpc) is 2.79. The lowest BCUT2D eigenvalue weighted by Gasteiger charge is -2.28. The van der Waals surface area contributed by atoms with E-state index in [-0.39, 0.29) is 10.5 Å². The standard InChI is InChI=1S/C23H21ClN2O4S/c1-30-22-10-9-19(24)14-21(22)25-23(27)17-7-4-8-20(13-17)31(28,29)26-12-11-16-5-2-3-6-18(16)15-26/h2-10,13-14H,11-12,15H2,1H3,(H,25,27). The minimum absolute atomic E-state index is 0.0811. The van der Waals surface area contributed by atoms with E-state index < -0.39 is 15.9 Å². The first-order valence-corrected chi connectivity index (χ1v) is 11.5. The average molecular weight is 457 g/mol. The van der Waals surface area contributed by atoms with E-state index >= 15 is 0 Å². The molecule has 3 aromatic carbocycles. The van der Waals surface area contributed by atoms with E-state index in [4.69, 9.17) is 16.3 Å². The molecule has 0 unspecified atom stereocenters. The molecule has 0 aromatic heterocycles. The summed E-state index contributed by atoms with van der Waals surface area (Å²) in [6.07, 6.45) is 0.657. The highest BCUT2D eigenvalue weighted by molar-refractivity contribution is 7.89. The van der Waals surface area contributed by atoms with Crippen molar-refractivity contribution in [3.63, 3.8) is 0 Å². The van der Waals surface area contributed by atoms with Gasteiger partial charge in [-0.1, -0.05) is 41.9 Å². The van der Waals surface area contributed by atoms with Gasteiger partial charge < -0.3 is 10.1 Å². The SMILES string of the molecule is COc1ccc(Cl)cc1NC(=O)c1cccc(S(=O)(=O)N2CCc3ccccc3C2)c1. The zero-order valence-electron chi connectivity index (χ0n) is 16.8. The van der Waals surface area contributed by atoms with Crippen molar-refractivity contribution < 1.29 is 17.9 Å². The van der Waals surface area contributed by atoms with Crippen LogP contribution in [0.5, 0.6) is 5.75 Å². The van der Waals surface area contributed by atoms with Crippen LogP contribution < -0.4 is 10.1 Å². The van der Waals surface area contributed by atoms with Gasteiger partial charge in [0, 0.05) is 23.7 Å². The smallest absolute Gasteiger partial charge is 0.255 e. The summed E-state index contributed by atoms with van der Waals surface area (Å²) in [6, 6.07) is 18.7. The van der Waals surface area contributed by atoms with E-state index in [2.05, 4.69) is 5.32 Å². The van der Waals surface area contributed by atoms with Crippen molar-refractivity contribution in [3.05, 3.63) is 88.4 Å². The van der Waals surface area contributed by atoms with Crippen molar-refractivity contribution in [2.45, 2.75) is 17.9 Å². The van der Waals surface area contributed by atoms with Gasteiger partial charge in [-0.3, -0.25) is 4.79 Å². The Balaban J connectivity index is 1.58. The molecular formula is C23H21ClN2O4S. The number of hydrogen-bond acceptors (Lipinski definition) is 4. The number of sulfonamides is 1. The van der Waals surface area contributed by atoms with Crippen molar-refractivity contribution in [2.24, 2.45) is 0 Å². The van der Waals surface area contributed by atoms with E-state index in [0.29, 0.717) is 36.0 Å². The fraction of sp³-hybridized carbons (Fsp3) is 0.174. The highest BCUT2D eigenvalue weighted by Gasteiger charge is 2.28. The summed E-state index contributed by atoms with van der Waals surface area (Å²) in [6.45, 7) is 0.712. The molecule has 0 radical (unpaired) electrons. The summed E-state index contributed by atoms with van der Waals surface area (Å²) < 4.78 is 33.2. The van der Waals surface area contributed by atoms with Crippen LogP contribution in [-0.4, -0.2) is 32.3 Å². The Morgan fingerprint density at radius 2 is 1.81 bits per heavy atom. The lowest BCUT2D eigenvalue weighted by atomic mass is 10.0. The normalized spacial score (nSPS) is 14.0. The molecule has 6 nitrogen and oxygen atoms in total. The molecule has 0 fully saturated rings. The molecule has 3 aromatic rings. The van der Waals surface area contributed by atoms with E-state index in [9.17, 15) is 13.2 Å². The molecular weight excluding hydrogens is 436 g/mol. The zero-order chi connectivity index (χ0) is 22.0. The molecule has 0 saturated heterocycles. The van der Waals surface area contributed by atoms with Crippen molar-refractivity contribution in [2.75, 3.05) is 19.0 Å². The van der Waals surface area contributed by atoms with Gasteiger partial charge in [-0.05, 0) is 53.9 Å². The highest BCUT2D eigenvalue weighted by atomic mass is 35.5. The largest absolute Gasteiger partial charge is 0.495 e. The maximum absolute atomic E-state index is 13.2. The van der Waals surface area contributed by atoms with Crippen LogP contribution in [-0.2, 0) is 23.0 Å². The quantitative estimate of drug-likeness (QED) is 0.619. The Hall–Kier alpha value is -2.87. The highest BCUT2D eigenvalue weighted by Crippen LogP contribution is 2.29. The lowest BCUT2D eigenvalue weighted by Crippen LogP contribution is -2.36. The number of anilines is 1. The van der Waals surface area contributed by atoms with Crippen molar-refractivity contribution in [1.82, 2.24) is 4.31 Å². The van der Waals surface area contributed by atoms with E-state index in [1.165, 1.54) is 23.5 Å². The number of methoxy groups -OCH3 is 1. The maximum Gasteiger partial charge on any atom is 0.255 e. The molecule has 1 N–H and O–H groups in total. The van der Waals surface area contributed by atoms with Gasteiger partial charge >= 0.3 is 0 Å². The summed E-state index contributed by atoms with van der Waals surface area (Å²) in [5.41, 5.74) is 2.79. The molecule has 160 valence electrons. The topological polar surface area (TPSA) is 75.7 Å². The molecule has 1 heterocycles. The molecule has 4 rings (SSSR count). The van der Waals surface area contributed by atoms with Crippen molar-refractivity contribution in [3.8, 4) is 5.75 Å². The molecule has 8 heteroatoms. The number of nitrogens with zero attached hydrogens (tertiary/aromatic N) is 1. The van der Waals surface area contributed by atoms with Gasteiger partial charge in [-0.2, -0.15) is 4.31 Å². The molecule has 0 saturated carbocycles. The van der Waals surface area contributed by atoms with E-state index in [0.717, 1.165) is 11.1 Å². The van der Waals surface area contributed by atoms with Crippen LogP contribution in [0.3, 0.4) is 0 Å². The van der Waals surface area contributed by atoms with Crippen LogP contribution >= 0.6 is 11.6 Å². The Labute approximate surface area is 186 Å². The summed E-state index contributed by atoms with van der Waals surface area (Å²) in [4.78, 5) is 12.9. The zero-order valence-corrected chi connectivity index (χ0v) is 18.4. The molecule has 0 atom stereocenters. The number of ether oxygens (including phenoxy) is 1. The molecule has 1 aliphatic heterocycles. The van der Waals surface area contributed by atoms with Crippen LogP contribution in [0.15, 0.2) is 71.6 Å². The van der Waals surface area contributed by atoms with Crippen LogP contribution in [0, 0.1) is 0 Å². The van der Waals surface area contributed by atoms with Gasteiger partial charge in [0.05, 0.1) is 17.7 Å². The molecule has 31 heavy (non-hydrogen) atoms. The predicted molar refractivity (Wildman–Crippen MR) is 120 cm³/mol. The van der Waals surface area contributed by atoms with Crippen LogP contribution in [0.4, 0.5) is 5.69 Å². The number of nitrogens with one attached hydrogen (secondary N) is 1. The predicted octanol–water partition coefficient (Wildman–Crippen LogP) is 4.35. The fourth-order valence-corrected chi connectivity index (χ4v) is 5.23. The van der Waals surface area contributed by atoms with Gasteiger partial charge in [0.1, 0.15) is 5.75 Å². The fourth-order valence-electron chi connectivity index (χ4n) is 3.59. The minimum Gasteiger partial charge on any atom is -0.495 e. The number of amides is 1. The van der Waals surface area contributed by atoms with Crippen LogP contribution in [0.25, 0.3) is 0 Å². The molecule has 1 aliphatic rings. The Kier molecular flexibility index (Phi) is 6.00. The van der Waals surface area contributed by atoms with Crippen molar-refractivity contribution >= 4 is 33.2 Å². The third-order valence-electron chi connectivity index (χ3n) is 5.24. The third-order valence-corrected chi connectivity index (χ3v) is 7.32. The first-order chi connectivity index (χ1) is 14.9. The Bertz CT molecular complexity index is 1240. The number of carbonyl (C=O) groups is 1. The van der Waals surface area contributed by atoms with E-state index in [1.54, 1.807) is 30.3 Å². The van der Waals surface area contributed by atoms with Gasteiger partial charge in [0.2, 0.25) is 10.0 Å². The monoisotopic (exact) mass is 456 g/mol. The first-order valence-electron chi connectivity index (χ1n) is 9.70. The summed E-state index contributed by atoms with van der Waals surface area (Å²) in [7, 11) is -2.26. The number of fused-ring (bicyclic) bond motifs is 1. The van der Waals surface area contributed by atoms with Gasteiger partial charge in [0.25, 0.3) is 5.91 Å². The third kappa shape index (κ3) is 4.44. The van der Waals surface area contributed by atoms with Crippen LogP contribution in [0.2, 0.25) is 5.02 Å². The number of benzene rings is 3. The van der Waals surface area contributed by atoms with E-state index in [1.807, 2.05) is 24.3 Å². The Morgan fingerprint density at radius 1 is 1.03 bits per heavy atom. The summed E-state index contributed by atoms with van der Waals surface area (Å²) >= 11 is 6.02. The number of hydrogen-bond donors (Lipinski definition) is 1. The van der Waals surface area contributed by atoms with Crippen molar-refractivity contribution in [1.29, 1.82) is 0 Å². The molecule has 0 aliphatic carbocycles. The Morgan fingerprint density at radius 3 is 2.58 bits per heavy atom. The number of carbonyl (C=O) groups excluding carboxylic acids is 1. The lowest BCUT2D eigenvalue weighted by molar-refractivity contribution is 0.102. The maximum atomic E-state index is 13.2. The van der Waals surface area contributed by atoms with Gasteiger partial charge in [-0.25, -0.2) is 8.42 Å². The summed E-state index contributed by atoms with van der Waals surface area (Å²) in [5.74, 6) is -0.00452. The van der Waals surface area contributed by atoms with Gasteiger partial charge in [-0.15, -0.1) is 0 Å². The second kappa shape index (κ2) is 8.70. The molecule has 0 bridgehead atoms. The minimum atomic E-state index is -3.75. The van der Waals surface area contributed by atoms with Crippen LogP contribution in [0.1, 0.15) is 21.5 Å². The second-order valence-electron chi connectivity index (χ2n) is 7.18. The second-order valence-corrected chi connectivity index (χ2v) is 9.56. The first kappa shape index (κ1) is 21.4. The van der Waals surface area contributed by atoms with Gasteiger partial charge in [0.15, 0.2) is 0 Å². The number of halogens is 1. The molecule has 1 amide bonds. The number of rotatable bonds is 5. The molecule has 0 spiro atoms. The summed E-state index contributed by atoms with van der Waals surface area (Å²) in [5, 5.41) is 3.18.